The van der Waals surface area contributed by atoms with E-state index < -0.39 is 5.97 Å². The molecule has 130 valence electrons. The molecule has 0 aliphatic carbocycles. The molecule has 0 bridgehead atoms. The molecular formula is C16H24N6O2. The molecule has 3 rings (SSSR count). The minimum Gasteiger partial charge on any atom is -0.481 e. The van der Waals surface area contributed by atoms with Crippen LogP contribution in [-0.4, -0.2) is 54.3 Å². The van der Waals surface area contributed by atoms with Gasteiger partial charge >= 0.3 is 5.97 Å². The zero-order chi connectivity index (χ0) is 17.1. The average Bonchev–Trinajstić information content (AvgIpc) is 3.24. The van der Waals surface area contributed by atoms with Crippen LogP contribution in [0.5, 0.6) is 0 Å². The largest absolute Gasteiger partial charge is 0.481 e. The number of aryl methyl sites for hydroxylation is 1. The summed E-state index contributed by atoms with van der Waals surface area (Å²) >= 11 is 0. The molecule has 0 radical (unpaired) electrons. The number of carboxylic acid groups (broad SMARTS) is 1. The molecular weight excluding hydrogens is 308 g/mol. The number of hydrogen-bond donors (Lipinski definition) is 2. The van der Waals surface area contributed by atoms with E-state index in [2.05, 4.69) is 39.3 Å². The summed E-state index contributed by atoms with van der Waals surface area (Å²) in [5.41, 5.74) is 3.25. The fourth-order valence-corrected chi connectivity index (χ4v) is 3.56. The molecule has 2 aromatic rings. The van der Waals surface area contributed by atoms with Gasteiger partial charge in [-0.1, -0.05) is 6.92 Å². The van der Waals surface area contributed by atoms with Crippen molar-refractivity contribution in [3.63, 3.8) is 0 Å². The van der Waals surface area contributed by atoms with Crippen LogP contribution in [-0.2, 0) is 17.9 Å². The van der Waals surface area contributed by atoms with Crippen molar-refractivity contribution in [2.75, 3.05) is 13.1 Å². The molecule has 2 aromatic heterocycles. The lowest BCUT2D eigenvalue weighted by atomic mass is 9.91. The van der Waals surface area contributed by atoms with E-state index in [0.717, 1.165) is 38.3 Å². The summed E-state index contributed by atoms with van der Waals surface area (Å²) < 4.78 is 2.04. The molecule has 1 aliphatic heterocycles. The molecule has 1 saturated heterocycles. The van der Waals surface area contributed by atoms with Gasteiger partial charge in [-0.15, -0.1) is 0 Å². The van der Waals surface area contributed by atoms with Crippen molar-refractivity contribution in [2.24, 2.45) is 5.92 Å². The Kier molecular flexibility index (Phi) is 4.94. The van der Waals surface area contributed by atoms with E-state index in [0.29, 0.717) is 0 Å². The zero-order valence-corrected chi connectivity index (χ0v) is 14.1. The van der Waals surface area contributed by atoms with Crippen LogP contribution >= 0.6 is 0 Å². The Balaban J connectivity index is 1.72. The number of nitrogens with one attached hydrogen (secondary N) is 1. The van der Waals surface area contributed by atoms with Crippen molar-refractivity contribution in [2.45, 2.75) is 45.7 Å². The fourth-order valence-electron chi connectivity index (χ4n) is 3.56. The Morgan fingerprint density at radius 1 is 1.42 bits per heavy atom. The number of likely N-dealkylation sites (tertiary alicyclic amines) is 1. The lowest BCUT2D eigenvalue weighted by Crippen LogP contribution is -2.21. The maximum absolute atomic E-state index is 11.2. The number of aliphatic carboxylic acids is 1. The number of nitrogens with zero attached hydrogens (tertiary/aromatic N) is 5. The number of rotatable bonds is 7. The van der Waals surface area contributed by atoms with Crippen molar-refractivity contribution >= 4 is 5.97 Å². The van der Waals surface area contributed by atoms with Crippen LogP contribution in [0.3, 0.4) is 0 Å². The Morgan fingerprint density at radius 2 is 2.25 bits per heavy atom. The lowest BCUT2D eigenvalue weighted by Gasteiger charge is -2.15. The Hall–Kier alpha value is -2.22. The highest BCUT2D eigenvalue weighted by Crippen LogP contribution is 2.34. The predicted molar refractivity (Wildman–Crippen MR) is 87.4 cm³/mol. The predicted octanol–water partition coefficient (Wildman–Crippen LogP) is 1.41. The number of carboxylic acids is 1. The average molecular weight is 332 g/mol. The van der Waals surface area contributed by atoms with Crippen LogP contribution in [0, 0.1) is 12.8 Å². The van der Waals surface area contributed by atoms with Gasteiger partial charge in [-0.2, -0.15) is 20.5 Å². The highest BCUT2D eigenvalue weighted by atomic mass is 16.4. The van der Waals surface area contributed by atoms with E-state index in [-0.39, 0.29) is 18.3 Å². The first-order valence-electron chi connectivity index (χ1n) is 8.39. The second-order valence-corrected chi connectivity index (χ2v) is 6.53. The van der Waals surface area contributed by atoms with Gasteiger partial charge in [0, 0.05) is 43.4 Å². The summed E-state index contributed by atoms with van der Waals surface area (Å²) in [6.45, 7) is 7.50. The summed E-state index contributed by atoms with van der Waals surface area (Å²) in [5, 5.41) is 24.3. The van der Waals surface area contributed by atoms with Crippen molar-refractivity contribution in [1.82, 2.24) is 30.1 Å². The molecule has 0 unspecified atom stereocenters. The molecule has 3 heterocycles. The third kappa shape index (κ3) is 3.48. The first-order chi connectivity index (χ1) is 11.6. The lowest BCUT2D eigenvalue weighted by molar-refractivity contribution is -0.138. The minimum absolute atomic E-state index is 0.0543. The van der Waals surface area contributed by atoms with Gasteiger partial charge in [0.15, 0.2) is 0 Å². The second-order valence-electron chi connectivity index (χ2n) is 6.53. The third-order valence-electron chi connectivity index (χ3n) is 4.80. The Morgan fingerprint density at radius 3 is 2.92 bits per heavy atom. The standard InChI is InChI=1S/C16H24N6O2/c1-3-4-22-11(2)13(6-18-22)9-21-8-12(5-16(23)24)14(10-21)15-7-17-20-19-15/h6-7,12,14H,3-5,8-10H2,1-2H3,(H,23,24)(H,17,19,20)/t12-,14+/m1/s1. The molecule has 0 spiro atoms. The van der Waals surface area contributed by atoms with Gasteiger partial charge in [-0.05, 0) is 19.3 Å². The molecule has 0 saturated carbocycles. The number of hydrogen-bond acceptors (Lipinski definition) is 5. The molecule has 24 heavy (non-hydrogen) atoms. The highest BCUT2D eigenvalue weighted by molar-refractivity contribution is 5.67. The van der Waals surface area contributed by atoms with Crippen molar-refractivity contribution in [1.29, 1.82) is 0 Å². The van der Waals surface area contributed by atoms with E-state index in [9.17, 15) is 9.90 Å². The van der Waals surface area contributed by atoms with Gasteiger partial charge in [0.05, 0.1) is 24.5 Å². The second kappa shape index (κ2) is 7.12. The van der Waals surface area contributed by atoms with Crippen molar-refractivity contribution < 1.29 is 9.90 Å². The minimum atomic E-state index is -0.762. The summed E-state index contributed by atoms with van der Waals surface area (Å²) in [5.74, 6) is -0.605. The number of aromatic nitrogens is 5. The van der Waals surface area contributed by atoms with Crippen LogP contribution < -0.4 is 0 Å². The first kappa shape index (κ1) is 16.6. The van der Waals surface area contributed by atoms with Gasteiger partial charge < -0.3 is 5.11 Å². The quantitative estimate of drug-likeness (QED) is 0.795. The van der Waals surface area contributed by atoms with Gasteiger partial charge in [0.1, 0.15) is 0 Å². The number of H-pyrrole nitrogens is 1. The van der Waals surface area contributed by atoms with Gasteiger partial charge in [0.25, 0.3) is 0 Å². The SMILES string of the molecule is CCCn1ncc(CN2C[C@@H](CC(=O)O)[C@@H](c3cn[nH]n3)C2)c1C. The van der Waals surface area contributed by atoms with Gasteiger partial charge in [-0.25, -0.2) is 0 Å². The van der Waals surface area contributed by atoms with E-state index in [1.54, 1.807) is 6.20 Å². The maximum Gasteiger partial charge on any atom is 0.303 e. The van der Waals surface area contributed by atoms with E-state index >= 15 is 0 Å². The molecule has 0 aromatic carbocycles. The normalized spacial score (nSPS) is 21.4. The summed E-state index contributed by atoms with van der Waals surface area (Å²) in [6.07, 6.45) is 4.84. The number of carbonyl (C=O) groups is 1. The highest BCUT2D eigenvalue weighted by Gasteiger charge is 2.36. The monoisotopic (exact) mass is 332 g/mol. The zero-order valence-electron chi connectivity index (χ0n) is 14.1. The van der Waals surface area contributed by atoms with Crippen LogP contribution in [0.15, 0.2) is 12.4 Å². The van der Waals surface area contributed by atoms with Crippen LogP contribution in [0.1, 0.15) is 42.6 Å². The molecule has 1 fully saturated rings. The van der Waals surface area contributed by atoms with Gasteiger partial charge in [-0.3, -0.25) is 14.4 Å². The molecule has 8 heteroatoms. The Labute approximate surface area is 140 Å². The molecule has 2 atom stereocenters. The topological polar surface area (TPSA) is 99.9 Å². The van der Waals surface area contributed by atoms with Gasteiger partial charge in [0.2, 0.25) is 0 Å². The number of aromatic amines is 1. The molecule has 1 aliphatic rings. The van der Waals surface area contributed by atoms with Crippen molar-refractivity contribution in [3.8, 4) is 0 Å². The van der Waals surface area contributed by atoms with E-state index in [1.807, 2.05) is 10.9 Å². The van der Waals surface area contributed by atoms with Crippen molar-refractivity contribution in [3.05, 3.63) is 29.3 Å². The fraction of sp³-hybridized carbons (Fsp3) is 0.625. The van der Waals surface area contributed by atoms with E-state index in [1.165, 1.54) is 11.3 Å². The smallest absolute Gasteiger partial charge is 0.303 e. The summed E-state index contributed by atoms with van der Waals surface area (Å²) in [7, 11) is 0. The maximum atomic E-state index is 11.2. The first-order valence-corrected chi connectivity index (χ1v) is 8.39. The molecule has 8 nitrogen and oxygen atoms in total. The van der Waals surface area contributed by atoms with E-state index in [4.69, 9.17) is 0 Å². The van der Waals surface area contributed by atoms with Crippen LogP contribution in [0.25, 0.3) is 0 Å². The molecule has 2 N–H and O–H groups in total. The van der Waals surface area contributed by atoms with Crippen LogP contribution in [0.4, 0.5) is 0 Å². The summed E-state index contributed by atoms with van der Waals surface area (Å²) in [6, 6.07) is 0. The molecule has 0 amide bonds. The third-order valence-corrected chi connectivity index (χ3v) is 4.80. The van der Waals surface area contributed by atoms with Crippen LogP contribution in [0.2, 0.25) is 0 Å². The summed E-state index contributed by atoms with van der Waals surface area (Å²) in [4.78, 5) is 13.5. The Bertz CT molecular complexity index is 681.